The van der Waals surface area contributed by atoms with Crippen molar-refractivity contribution in [3.8, 4) is 0 Å². The smallest absolute Gasteiger partial charge is 0.237 e. The molecule has 1 aliphatic rings. The van der Waals surface area contributed by atoms with Crippen LogP contribution < -0.4 is 11.1 Å². The number of benzene rings is 1. The summed E-state index contributed by atoms with van der Waals surface area (Å²) in [7, 11) is 0. The number of hydrogen-bond acceptors (Lipinski definition) is 3. The van der Waals surface area contributed by atoms with Gasteiger partial charge in [0.2, 0.25) is 5.91 Å². The summed E-state index contributed by atoms with van der Waals surface area (Å²) < 4.78 is 5.31. The monoisotopic (exact) mass is 358 g/mol. The summed E-state index contributed by atoms with van der Waals surface area (Å²) in [6, 6.07) is 5.06. The predicted molar refractivity (Wildman–Crippen MR) is 94.0 cm³/mol. The Morgan fingerprint density at radius 1 is 1.35 bits per heavy atom. The maximum absolute atomic E-state index is 12.3. The minimum atomic E-state index is -0.483. The molecule has 0 spiro atoms. The summed E-state index contributed by atoms with van der Waals surface area (Å²) >= 11 is 12.0. The van der Waals surface area contributed by atoms with Crippen molar-refractivity contribution < 1.29 is 9.53 Å². The molecule has 0 saturated carbocycles. The van der Waals surface area contributed by atoms with Crippen LogP contribution in [0, 0.1) is 5.92 Å². The quantitative estimate of drug-likeness (QED) is 0.849. The second kappa shape index (κ2) is 7.84. The van der Waals surface area contributed by atoms with Gasteiger partial charge in [-0.1, -0.05) is 43.1 Å². The highest BCUT2D eigenvalue weighted by Crippen LogP contribution is 2.29. The average molecular weight is 359 g/mol. The van der Waals surface area contributed by atoms with Crippen LogP contribution in [0.15, 0.2) is 18.2 Å². The van der Waals surface area contributed by atoms with Crippen LogP contribution in [0.25, 0.3) is 0 Å². The van der Waals surface area contributed by atoms with E-state index in [1.165, 1.54) is 0 Å². The number of carbonyl (C=O) groups is 1. The van der Waals surface area contributed by atoms with Crippen molar-refractivity contribution in [2.45, 2.75) is 38.1 Å². The lowest BCUT2D eigenvalue weighted by Gasteiger charge is -2.30. The Bertz CT molecular complexity index is 558. The molecular weight excluding hydrogens is 335 g/mol. The fourth-order valence-electron chi connectivity index (χ4n) is 2.73. The molecule has 1 heterocycles. The van der Waals surface area contributed by atoms with E-state index in [2.05, 4.69) is 5.32 Å². The van der Waals surface area contributed by atoms with E-state index in [0.717, 1.165) is 18.4 Å². The second-order valence-corrected chi connectivity index (χ2v) is 7.52. The van der Waals surface area contributed by atoms with E-state index in [1.807, 2.05) is 26.0 Å². The molecule has 1 atom stereocenters. The molecule has 1 saturated heterocycles. The van der Waals surface area contributed by atoms with Crippen molar-refractivity contribution in [3.05, 3.63) is 33.8 Å². The van der Waals surface area contributed by atoms with Crippen molar-refractivity contribution in [3.63, 3.8) is 0 Å². The summed E-state index contributed by atoms with van der Waals surface area (Å²) in [5, 5.41) is 4.01. The first-order chi connectivity index (χ1) is 10.8. The highest BCUT2D eigenvalue weighted by molar-refractivity contribution is 6.42. The van der Waals surface area contributed by atoms with E-state index in [-0.39, 0.29) is 17.2 Å². The summed E-state index contributed by atoms with van der Waals surface area (Å²) in [6.07, 6.45) is 1.68. The first kappa shape index (κ1) is 18.5. The lowest BCUT2D eigenvalue weighted by atomic mass is 9.84. The van der Waals surface area contributed by atoms with Gasteiger partial charge in [0.05, 0.1) is 16.1 Å². The second-order valence-electron chi connectivity index (χ2n) is 6.71. The van der Waals surface area contributed by atoms with Gasteiger partial charge in [-0.3, -0.25) is 4.79 Å². The lowest BCUT2D eigenvalue weighted by Crippen LogP contribution is -2.49. The van der Waals surface area contributed by atoms with Crippen LogP contribution in [0.5, 0.6) is 0 Å². The lowest BCUT2D eigenvalue weighted by molar-refractivity contribution is -0.124. The molecule has 0 radical (unpaired) electrons. The van der Waals surface area contributed by atoms with E-state index >= 15 is 0 Å². The van der Waals surface area contributed by atoms with Gasteiger partial charge in [0, 0.05) is 25.2 Å². The van der Waals surface area contributed by atoms with Crippen molar-refractivity contribution in [2.75, 3.05) is 19.8 Å². The SMILES string of the molecule is CC(C)(CNC(=O)C(N)C1CCOCC1)c1ccc(Cl)c(Cl)c1. The van der Waals surface area contributed by atoms with Gasteiger partial charge in [-0.05, 0) is 36.5 Å². The van der Waals surface area contributed by atoms with Gasteiger partial charge in [0.25, 0.3) is 0 Å². The number of halogens is 2. The van der Waals surface area contributed by atoms with Gasteiger partial charge in [0.1, 0.15) is 0 Å². The van der Waals surface area contributed by atoms with E-state index in [1.54, 1.807) is 6.07 Å². The van der Waals surface area contributed by atoms with Gasteiger partial charge in [-0.2, -0.15) is 0 Å². The van der Waals surface area contributed by atoms with E-state index in [0.29, 0.717) is 29.8 Å². The van der Waals surface area contributed by atoms with Crippen LogP contribution in [0.2, 0.25) is 10.0 Å². The Kier molecular flexibility index (Phi) is 6.32. The fraction of sp³-hybridized carbons (Fsp3) is 0.588. The molecular formula is C17H24Cl2N2O2. The zero-order valence-electron chi connectivity index (χ0n) is 13.6. The Morgan fingerprint density at radius 2 is 2.00 bits per heavy atom. The number of ether oxygens (including phenoxy) is 1. The Labute approximate surface area is 147 Å². The number of hydrogen-bond donors (Lipinski definition) is 2. The van der Waals surface area contributed by atoms with Gasteiger partial charge >= 0.3 is 0 Å². The maximum Gasteiger partial charge on any atom is 0.237 e. The molecule has 0 bridgehead atoms. The fourth-order valence-corrected chi connectivity index (χ4v) is 3.03. The molecule has 23 heavy (non-hydrogen) atoms. The van der Waals surface area contributed by atoms with Crippen molar-refractivity contribution in [2.24, 2.45) is 11.7 Å². The minimum Gasteiger partial charge on any atom is -0.381 e. The minimum absolute atomic E-state index is 0.106. The largest absolute Gasteiger partial charge is 0.381 e. The summed E-state index contributed by atoms with van der Waals surface area (Å²) in [5.41, 5.74) is 6.85. The number of carbonyl (C=O) groups excluding carboxylic acids is 1. The summed E-state index contributed by atoms with van der Waals surface area (Å²) in [4.78, 5) is 12.3. The Morgan fingerprint density at radius 3 is 2.61 bits per heavy atom. The molecule has 1 fully saturated rings. The van der Waals surface area contributed by atoms with Crippen molar-refractivity contribution >= 4 is 29.1 Å². The summed E-state index contributed by atoms with van der Waals surface area (Å²) in [6.45, 7) is 5.95. The van der Waals surface area contributed by atoms with Crippen LogP contribution in [-0.2, 0) is 14.9 Å². The third-order valence-corrected chi connectivity index (χ3v) is 5.22. The number of rotatable bonds is 5. The molecule has 1 aromatic carbocycles. The molecule has 1 aromatic rings. The van der Waals surface area contributed by atoms with Crippen molar-refractivity contribution in [1.29, 1.82) is 0 Å². The predicted octanol–water partition coefficient (Wildman–Crippen LogP) is 3.14. The van der Waals surface area contributed by atoms with Crippen LogP contribution >= 0.6 is 23.2 Å². The van der Waals surface area contributed by atoms with Crippen LogP contribution in [0.1, 0.15) is 32.3 Å². The molecule has 1 unspecified atom stereocenters. The molecule has 3 N–H and O–H groups in total. The highest BCUT2D eigenvalue weighted by Gasteiger charge is 2.28. The van der Waals surface area contributed by atoms with E-state index in [4.69, 9.17) is 33.7 Å². The molecule has 0 aromatic heterocycles. The molecule has 2 rings (SSSR count). The van der Waals surface area contributed by atoms with Gasteiger partial charge < -0.3 is 15.8 Å². The number of amides is 1. The van der Waals surface area contributed by atoms with Gasteiger partial charge in [0.15, 0.2) is 0 Å². The highest BCUT2D eigenvalue weighted by atomic mass is 35.5. The van der Waals surface area contributed by atoms with E-state index < -0.39 is 6.04 Å². The van der Waals surface area contributed by atoms with Gasteiger partial charge in [-0.15, -0.1) is 0 Å². The average Bonchev–Trinajstić information content (AvgIpc) is 2.55. The van der Waals surface area contributed by atoms with Crippen LogP contribution in [0.3, 0.4) is 0 Å². The molecule has 0 aliphatic carbocycles. The molecule has 6 heteroatoms. The number of nitrogens with one attached hydrogen (secondary N) is 1. The zero-order chi connectivity index (χ0) is 17.0. The first-order valence-electron chi connectivity index (χ1n) is 7.88. The number of nitrogens with two attached hydrogens (primary N) is 1. The standard InChI is InChI=1S/C17H24Cl2N2O2/c1-17(2,12-3-4-13(18)14(19)9-12)10-21-16(22)15(20)11-5-7-23-8-6-11/h3-4,9,11,15H,5-8,10,20H2,1-2H3,(H,21,22). The zero-order valence-corrected chi connectivity index (χ0v) is 15.1. The Hall–Kier alpha value is -0.810. The molecule has 1 aliphatic heterocycles. The van der Waals surface area contributed by atoms with Crippen LogP contribution in [-0.4, -0.2) is 31.7 Å². The molecule has 4 nitrogen and oxygen atoms in total. The molecule has 128 valence electrons. The third-order valence-electron chi connectivity index (χ3n) is 4.48. The maximum atomic E-state index is 12.3. The Balaban J connectivity index is 1.94. The topological polar surface area (TPSA) is 64.4 Å². The van der Waals surface area contributed by atoms with E-state index in [9.17, 15) is 4.79 Å². The van der Waals surface area contributed by atoms with Gasteiger partial charge in [-0.25, -0.2) is 0 Å². The normalized spacial score (nSPS) is 17.8. The molecule has 1 amide bonds. The first-order valence-corrected chi connectivity index (χ1v) is 8.63. The third kappa shape index (κ3) is 4.83. The van der Waals surface area contributed by atoms with Crippen molar-refractivity contribution in [1.82, 2.24) is 5.32 Å². The van der Waals surface area contributed by atoms with Crippen LogP contribution in [0.4, 0.5) is 0 Å². The summed E-state index contributed by atoms with van der Waals surface area (Å²) in [5.74, 6) is 0.0851.